The first-order valence-electron chi connectivity index (χ1n) is 6.95. The average molecular weight is 285 g/mol. The van der Waals surface area contributed by atoms with Gasteiger partial charge in [0.2, 0.25) is 0 Å². The Morgan fingerprint density at radius 1 is 1.26 bits per heavy atom. The van der Waals surface area contributed by atoms with Gasteiger partial charge in [-0.1, -0.05) is 25.2 Å². The van der Waals surface area contributed by atoms with E-state index in [1.54, 1.807) is 11.3 Å². The van der Waals surface area contributed by atoms with Crippen LogP contribution in [0.4, 0.5) is 5.13 Å². The number of nitrogens with zero attached hydrogens (tertiary/aromatic N) is 3. The van der Waals surface area contributed by atoms with Crippen molar-refractivity contribution >= 4 is 16.5 Å². The number of rotatable bonds is 8. The Balaban J connectivity index is 2.69. The molecule has 0 amide bonds. The molecule has 0 fully saturated rings. The number of thiazole rings is 1. The molecule has 1 aromatic heterocycles. The van der Waals surface area contributed by atoms with E-state index in [1.807, 2.05) is 0 Å². The van der Waals surface area contributed by atoms with E-state index in [1.165, 1.54) is 0 Å². The van der Waals surface area contributed by atoms with Gasteiger partial charge in [-0.15, -0.1) is 0 Å². The van der Waals surface area contributed by atoms with E-state index in [-0.39, 0.29) is 6.61 Å². The number of aromatic nitrogens is 1. The zero-order chi connectivity index (χ0) is 14.4. The molecule has 0 bridgehead atoms. The SMILES string of the molecule is CCC(C)c1nc(N(C)CCCN(C)C)sc1CO. The Hall–Kier alpha value is -0.650. The van der Waals surface area contributed by atoms with Crippen LogP contribution in [0.25, 0.3) is 0 Å². The van der Waals surface area contributed by atoms with Crippen molar-refractivity contribution in [2.45, 2.75) is 39.2 Å². The van der Waals surface area contributed by atoms with E-state index in [9.17, 15) is 5.11 Å². The van der Waals surface area contributed by atoms with E-state index in [0.29, 0.717) is 5.92 Å². The van der Waals surface area contributed by atoms with Gasteiger partial charge >= 0.3 is 0 Å². The third-order valence-corrected chi connectivity index (χ3v) is 4.53. The van der Waals surface area contributed by atoms with Crippen LogP contribution in [0.3, 0.4) is 0 Å². The Morgan fingerprint density at radius 2 is 1.95 bits per heavy atom. The van der Waals surface area contributed by atoms with Crippen molar-refractivity contribution in [3.05, 3.63) is 10.6 Å². The molecule has 0 saturated heterocycles. The van der Waals surface area contributed by atoms with E-state index in [2.05, 4.69) is 44.8 Å². The molecule has 4 nitrogen and oxygen atoms in total. The molecule has 0 radical (unpaired) electrons. The molecule has 0 aliphatic heterocycles. The van der Waals surface area contributed by atoms with Crippen LogP contribution in [-0.4, -0.2) is 49.2 Å². The van der Waals surface area contributed by atoms with E-state index < -0.39 is 0 Å². The molecule has 0 aromatic carbocycles. The Kier molecular flexibility index (Phi) is 6.75. The Bertz CT molecular complexity index is 379. The van der Waals surface area contributed by atoms with Crippen molar-refractivity contribution in [3.8, 4) is 0 Å². The van der Waals surface area contributed by atoms with Crippen molar-refractivity contribution in [3.63, 3.8) is 0 Å². The van der Waals surface area contributed by atoms with Crippen LogP contribution in [0.15, 0.2) is 0 Å². The number of anilines is 1. The molecule has 1 heterocycles. The fourth-order valence-electron chi connectivity index (χ4n) is 1.93. The lowest BCUT2D eigenvalue weighted by molar-refractivity contribution is 0.283. The van der Waals surface area contributed by atoms with Crippen LogP contribution >= 0.6 is 11.3 Å². The summed E-state index contributed by atoms with van der Waals surface area (Å²) in [6.45, 7) is 6.51. The maximum atomic E-state index is 9.45. The van der Waals surface area contributed by atoms with Crippen LogP contribution in [0, 0.1) is 0 Å². The maximum absolute atomic E-state index is 9.45. The molecule has 0 aliphatic carbocycles. The normalized spacial score (nSPS) is 13.0. The molecule has 0 aliphatic rings. The molecule has 1 atom stereocenters. The molecule has 5 heteroatoms. The lowest BCUT2D eigenvalue weighted by atomic mass is 10.0. The van der Waals surface area contributed by atoms with Gasteiger partial charge in [-0.3, -0.25) is 0 Å². The lowest BCUT2D eigenvalue weighted by Gasteiger charge is -2.17. The van der Waals surface area contributed by atoms with Crippen molar-refractivity contribution < 1.29 is 5.11 Å². The predicted molar refractivity (Wildman–Crippen MR) is 83.2 cm³/mol. The largest absolute Gasteiger partial charge is 0.391 e. The minimum atomic E-state index is 0.100. The average Bonchev–Trinajstić information content (AvgIpc) is 2.81. The van der Waals surface area contributed by atoms with Gasteiger partial charge in [0.15, 0.2) is 5.13 Å². The standard InChI is InChI=1S/C14H27N3OS/c1-6-11(2)13-12(10-18)19-14(15-13)17(5)9-7-8-16(3)4/h11,18H,6-10H2,1-5H3. The summed E-state index contributed by atoms with van der Waals surface area (Å²) in [5.41, 5.74) is 1.07. The van der Waals surface area contributed by atoms with Crippen LogP contribution in [0.5, 0.6) is 0 Å². The van der Waals surface area contributed by atoms with Crippen LogP contribution in [0.1, 0.15) is 43.2 Å². The van der Waals surface area contributed by atoms with Crippen molar-refractivity contribution in [2.75, 3.05) is 39.1 Å². The first-order valence-corrected chi connectivity index (χ1v) is 7.77. The minimum Gasteiger partial charge on any atom is -0.391 e. The number of hydrogen-bond donors (Lipinski definition) is 1. The van der Waals surface area contributed by atoms with Crippen LogP contribution in [-0.2, 0) is 6.61 Å². The third kappa shape index (κ3) is 4.75. The maximum Gasteiger partial charge on any atom is 0.185 e. The van der Waals surface area contributed by atoms with Crippen molar-refractivity contribution in [1.82, 2.24) is 9.88 Å². The van der Waals surface area contributed by atoms with Crippen LogP contribution < -0.4 is 4.90 Å². The molecule has 1 rings (SSSR count). The number of hydrogen-bond acceptors (Lipinski definition) is 5. The zero-order valence-corrected chi connectivity index (χ0v) is 13.6. The first-order chi connectivity index (χ1) is 8.99. The van der Waals surface area contributed by atoms with Crippen molar-refractivity contribution in [2.24, 2.45) is 0 Å². The fraction of sp³-hybridized carbons (Fsp3) is 0.786. The van der Waals surface area contributed by atoms with E-state index in [0.717, 1.165) is 41.6 Å². The predicted octanol–water partition coefficient (Wildman–Crippen LogP) is 2.54. The Labute approximate surface area is 121 Å². The summed E-state index contributed by atoms with van der Waals surface area (Å²) >= 11 is 1.62. The highest BCUT2D eigenvalue weighted by Gasteiger charge is 2.17. The second kappa shape index (κ2) is 7.82. The molecule has 0 saturated carbocycles. The summed E-state index contributed by atoms with van der Waals surface area (Å²) in [7, 11) is 6.26. The van der Waals surface area contributed by atoms with Crippen LogP contribution in [0.2, 0.25) is 0 Å². The summed E-state index contributed by atoms with van der Waals surface area (Å²) in [6.07, 6.45) is 2.18. The zero-order valence-electron chi connectivity index (χ0n) is 12.8. The summed E-state index contributed by atoms with van der Waals surface area (Å²) in [5, 5.41) is 10.5. The fourth-order valence-corrected chi connectivity index (χ4v) is 2.95. The summed E-state index contributed by atoms with van der Waals surface area (Å²) in [4.78, 5) is 10.1. The van der Waals surface area contributed by atoms with Gasteiger partial charge in [0, 0.05) is 13.6 Å². The van der Waals surface area contributed by atoms with Gasteiger partial charge in [0.25, 0.3) is 0 Å². The summed E-state index contributed by atoms with van der Waals surface area (Å²) in [5.74, 6) is 0.419. The molecular formula is C14H27N3OS. The highest BCUT2D eigenvalue weighted by molar-refractivity contribution is 7.15. The molecule has 1 unspecified atom stereocenters. The molecule has 19 heavy (non-hydrogen) atoms. The first kappa shape index (κ1) is 16.4. The second-order valence-electron chi connectivity index (χ2n) is 5.35. The molecule has 1 N–H and O–H groups in total. The van der Waals surface area contributed by atoms with Gasteiger partial charge in [0.05, 0.1) is 17.2 Å². The van der Waals surface area contributed by atoms with Crippen molar-refractivity contribution in [1.29, 1.82) is 0 Å². The monoisotopic (exact) mass is 285 g/mol. The van der Waals surface area contributed by atoms with E-state index >= 15 is 0 Å². The minimum absolute atomic E-state index is 0.100. The number of aliphatic hydroxyl groups excluding tert-OH is 1. The smallest absolute Gasteiger partial charge is 0.185 e. The van der Waals surface area contributed by atoms with Gasteiger partial charge < -0.3 is 14.9 Å². The summed E-state index contributed by atoms with van der Waals surface area (Å²) < 4.78 is 0. The highest BCUT2D eigenvalue weighted by Crippen LogP contribution is 2.31. The van der Waals surface area contributed by atoms with Gasteiger partial charge in [-0.2, -0.15) is 0 Å². The molecule has 110 valence electrons. The number of aliphatic hydroxyl groups is 1. The van der Waals surface area contributed by atoms with Gasteiger partial charge in [0.1, 0.15) is 0 Å². The Morgan fingerprint density at radius 3 is 2.47 bits per heavy atom. The summed E-state index contributed by atoms with van der Waals surface area (Å²) in [6, 6.07) is 0. The lowest BCUT2D eigenvalue weighted by Crippen LogP contribution is -2.23. The second-order valence-corrected chi connectivity index (χ2v) is 6.41. The molecular weight excluding hydrogens is 258 g/mol. The van der Waals surface area contributed by atoms with Gasteiger partial charge in [-0.25, -0.2) is 4.98 Å². The molecule has 1 aromatic rings. The highest BCUT2D eigenvalue weighted by atomic mass is 32.1. The van der Waals surface area contributed by atoms with Gasteiger partial charge in [-0.05, 0) is 39.4 Å². The third-order valence-electron chi connectivity index (χ3n) is 3.36. The topological polar surface area (TPSA) is 39.6 Å². The molecule has 0 spiro atoms. The van der Waals surface area contributed by atoms with E-state index in [4.69, 9.17) is 4.98 Å². The quantitative estimate of drug-likeness (QED) is 0.797.